The van der Waals surface area contributed by atoms with Gasteiger partial charge in [-0.1, -0.05) is 13.3 Å². The van der Waals surface area contributed by atoms with Gasteiger partial charge in [0.25, 0.3) is 0 Å². The molecular weight excluding hydrogens is 346 g/mol. The van der Waals surface area contributed by atoms with E-state index >= 15 is 0 Å². The highest BCUT2D eigenvalue weighted by atomic mass is 32.2. The summed E-state index contributed by atoms with van der Waals surface area (Å²) in [6.07, 6.45) is 1.50. The number of aliphatic carboxylic acids is 1. The predicted molar refractivity (Wildman–Crippen MR) is 82.8 cm³/mol. The van der Waals surface area contributed by atoms with Crippen molar-refractivity contribution in [2.75, 3.05) is 13.4 Å². The van der Waals surface area contributed by atoms with Crippen molar-refractivity contribution in [3.8, 4) is 5.75 Å². The number of nitrogens with one attached hydrogen (secondary N) is 1. The fourth-order valence-electron chi connectivity index (χ4n) is 1.87. The van der Waals surface area contributed by atoms with E-state index in [0.717, 1.165) is 12.3 Å². The van der Waals surface area contributed by atoms with E-state index in [9.17, 15) is 21.6 Å². The molecule has 23 heavy (non-hydrogen) atoms. The van der Waals surface area contributed by atoms with Crippen molar-refractivity contribution in [1.29, 1.82) is 0 Å². The number of hydrogen-bond donors (Lipinski definition) is 2. The number of carbonyl (C=O) groups is 1. The third-order valence-electron chi connectivity index (χ3n) is 3.03. The molecule has 0 spiro atoms. The lowest BCUT2D eigenvalue weighted by molar-refractivity contribution is -0.139. The first-order valence-corrected chi connectivity index (χ1v) is 10.0. The molecule has 0 aliphatic carbocycles. The van der Waals surface area contributed by atoms with Crippen LogP contribution in [0.3, 0.4) is 0 Å². The summed E-state index contributed by atoms with van der Waals surface area (Å²) in [7, 11) is -6.67. The first-order chi connectivity index (χ1) is 10.5. The first kappa shape index (κ1) is 19.4. The van der Waals surface area contributed by atoms with Gasteiger partial charge in [-0.05, 0) is 24.6 Å². The van der Waals surface area contributed by atoms with Crippen LogP contribution in [0, 0.1) is 0 Å². The Bertz CT molecular complexity index is 785. The van der Waals surface area contributed by atoms with Gasteiger partial charge in [-0.2, -0.15) is 4.72 Å². The summed E-state index contributed by atoms with van der Waals surface area (Å²) in [6.45, 7) is 1.72. The maximum atomic E-state index is 12.4. The highest BCUT2D eigenvalue weighted by Gasteiger charge is 2.28. The number of sulfonamides is 1. The first-order valence-electron chi connectivity index (χ1n) is 6.66. The Morgan fingerprint density at radius 2 is 1.91 bits per heavy atom. The Hall–Kier alpha value is -1.65. The minimum atomic E-state index is -4.27. The van der Waals surface area contributed by atoms with Crippen LogP contribution in [0.15, 0.2) is 28.0 Å². The summed E-state index contributed by atoms with van der Waals surface area (Å²) in [4.78, 5) is 10.5. The van der Waals surface area contributed by atoms with Crippen LogP contribution in [-0.2, 0) is 24.7 Å². The van der Waals surface area contributed by atoms with E-state index < -0.39 is 36.8 Å². The van der Waals surface area contributed by atoms with Crippen LogP contribution in [-0.4, -0.2) is 47.3 Å². The Labute approximate surface area is 135 Å². The van der Waals surface area contributed by atoms with Gasteiger partial charge in [-0.15, -0.1) is 0 Å². The van der Waals surface area contributed by atoms with Crippen molar-refractivity contribution in [3.63, 3.8) is 0 Å². The molecular formula is C13H19NO7S2. The van der Waals surface area contributed by atoms with Crippen LogP contribution in [0.2, 0.25) is 0 Å². The summed E-state index contributed by atoms with van der Waals surface area (Å²) in [6, 6.07) is 2.06. The molecule has 8 nitrogen and oxygen atoms in total. The minimum absolute atomic E-state index is 0.0782. The van der Waals surface area contributed by atoms with Gasteiger partial charge in [0.1, 0.15) is 16.7 Å². The van der Waals surface area contributed by atoms with Crippen molar-refractivity contribution < 1.29 is 31.5 Å². The molecule has 1 aromatic carbocycles. The number of rotatable bonds is 8. The number of ether oxygens (including phenoxy) is 1. The van der Waals surface area contributed by atoms with Crippen LogP contribution in [0.4, 0.5) is 0 Å². The van der Waals surface area contributed by atoms with Crippen molar-refractivity contribution in [2.45, 2.75) is 35.6 Å². The Balaban J connectivity index is 3.38. The normalized spacial score (nSPS) is 13.5. The molecule has 0 amide bonds. The van der Waals surface area contributed by atoms with E-state index in [4.69, 9.17) is 9.84 Å². The molecule has 0 fully saturated rings. The van der Waals surface area contributed by atoms with Gasteiger partial charge in [0, 0.05) is 6.26 Å². The zero-order valence-electron chi connectivity index (χ0n) is 12.9. The average molecular weight is 365 g/mol. The lowest BCUT2D eigenvalue weighted by atomic mass is 10.2. The Morgan fingerprint density at radius 3 is 2.35 bits per heavy atom. The minimum Gasteiger partial charge on any atom is -0.495 e. The molecule has 0 heterocycles. The molecule has 1 unspecified atom stereocenters. The van der Waals surface area contributed by atoms with Gasteiger partial charge in [-0.3, -0.25) is 4.79 Å². The van der Waals surface area contributed by atoms with Crippen LogP contribution in [0.1, 0.15) is 19.8 Å². The Morgan fingerprint density at radius 1 is 1.30 bits per heavy atom. The van der Waals surface area contributed by atoms with Gasteiger partial charge in [0.2, 0.25) is 10.0 Å². The molecule has 10 heteroatoms. The maximum Gasteiger partial charge on any atom is 0.321 e. The maximum absolute atomic E-state index is 12.4. The lowest BCUT2D eigenvalue weighted by Gasteiger charge is -2.16. The van der Waals surface area contributed by atoms with Crippen LogP contribution < -0.4 is 9.46 Å². The molecule has 0 saturated carbocycles. The molecule has 1 aromatic rings. The van der Waals surface area contributed by atoms with E-state index in [1.165, 1.54) is 19.2 Å². The summed E-state index contributed by atoms with van der Waals surface area (Å²) < 4.78 is 55.1. The van der Waals surface area contributed by atoms with Crippen LogP contribution in [0.25, 0.3) is 0 Å². The number of carboxylic acids is 1. The smallest absolute Gasteiger partial charge is 0.321 e. The lowest BCUT2D eigenvalue weighted by Crippen LogP contribution is -2.40. The molecule has 1 atom stereocenters. The number of benzene rings is 1. The van der Waals surface area contributed by atoms with E-state index in [1.54, 1.807) is 6.92 Å². The second-order valence-corrected chi connectivity index (χ2v) is 8.58. The number of sulfone groups is 1. The van der Waals surface area contributed by atoms with Crippen LogP contribution >= 0.6 is 0 Å². The largest absolute Gasteiger partial charge is 0.495 e. The quantitative estimate of drug-likeness (QED) is 0.691. The van der Waals surface area contributed by atoms with Crippen molar-refractivity contribution in [2.24, 2.45) is 0 Å². The average Bonchev–Trinajstić information content (AvgIpc) is 2.44. The van der Waals surface area contributed by atoms with Gasteiger partial charge >= 0.3 is 5.97 Å². The highest BCUT2D eigenvalue weighted by Crippen LogP contribution is 2.27. The van der Waals surface area contributed by atoms with E-state index in [-0.39, 0.29) is 17.1 Å². The van der Waals surface area contributed by atoms with Crippen LogP contribution in [0.5, 0.6) is 5.75 Å². The molecule has 2 N–H and O–H groups in total. The molecule has 0 radical (unpaired) electrons. The second kappa shape index (κ2) is 7.28. The van der Waals surface area contributed by atoms with Gasteiger partial charge in [0.15, 0.2) is 9.84 Å². The summed E-state index contributed by atoms with van der Waals surface area (Å²) in [5.41, 5.74) is 0. The van der Waals surface area contributed by atoms with Gasteiger partial charge < -0.3 is 9.84 Å². The van der Waals surface area contributed by atoms with Gasteiger partial charge in [-0.25, -0.2) is 16.8 Å². The number of carboxylic acid groups (broad SMARTS) is 1. The number of methoxy groups -OCH3 is 1. The standard InChI is InChI=1S/C13H19NO7S2/c1-4-5-10(13(15)16)14-23(19,20)12-8-9(22(3,17)18)6-7-11(12)21-2/h6-8,10,14H,4-5H2,1-3H3,(H,15,16). The summed E-state index contributed by atoms with van der Waals surface area (Å²) >= 11 is 0. The molecule has 0 aliphatic heterocycles. The van der Waals surface area contributed by atoms with E-state index in [1.807, 2.05) is 0 Å². The van der Waals surface area contributed by atoms with E-state index in [2.05, 4.69) is 4.72 Å². The zero-order chi connectivity index (χ0) is 17.8. The molecule has 0 aromatic heterocycles. The predicted octanol–water partition coefficient (Wildman–Crippen LogP) is 0.630. The molecule has 1 rings (SSSR count). The number of hydrogen-bond acceptors (Lipinski definition) is 6. The fraction of sp³-hybridized carbons (Fsp3) is 0.462. The third-order valence-corrected chi connectivity index (χ3v) is 5.63. The highest BCUT2D eigenvalue weighted by molar-refractivity contribution is 7.91. The van der Waals surface area contributed by atoms with Crippen molar-refractivity contribution in [1.82, 2.24) is 4.72 Å². The third kappa shape index (κ3) is 4.91. The second-order valence-electron chi connectivity index (χ2n) is 4.89. The molecule has 0 aliphatic rings. The summed E-state index contributed by atoms with van der Waals surface area (Å²) in [5.74, 6) is -1.39. The van der Waals surface area contributed by atoms with E-state index in [0.29, 0.717) is 6.42 Å². The zero-order valence-corrected chi connectivity index (χ0v) is 14.6. The SMILES string of the molecule is CCCC(NS(=O)(=O)c1cc(S(C)(=O)=O)ccc1OC)C(=O)O. The monoisotopic (exact) mass is 365 g/mol. The molecule has 0 bridgehead atoms. The van der Waals surface area contributed by atoms with Crippen molar-refractivity contribution >= 4 is 25.8 Å². The summed E-state index contributed by atoms with van der Waals surface area (Å²) in [5, 5.41) is 9.07. The topological polar surface area (TPSA) is 127 Å². The fourth-order valence-corrected chi connectivity index (χ4v) is 4.01. The van der Waals surface area contributed by atoms with Gasteiger partial charge in [0.05, 0.1) is 12.0 Å². The Kier molecular flexibility index (Phi) is 6.14. The van der Waals surface area contributed by atoms with Crippen molar-refractivity contribution in [3.05, 3.63) is 18.2 Å². The molecule has 0 saturated heterocycles. The molecule has 130 valence electrons.